The van der Waals surface area contributed by atoms with E-state index in [2.05, 4.69) is 20.9 Å². The van der Waals surface area contributed by atoms with Gasteiger partial charge < -0.3 is 14.9 Å². The summed E-state index contributed by atoms with van der Waals surface area (Å²) in [5.41, 5.74) is 0. The molecule has 6 heteroatoms. The number of benzene rings is 1. The summed E-state index contributed by atoms with van der Waals surface area (Å²) in [5, 5.41) is 19.7. The standard InChI is InChI=1S/C15H12BrNO3S/c16-9-1-3-10(4-2-9)20-13-6-17-7-15-11(13)5-14(21-15)12(19)8-18/h1-7,12,18-19H,8H2. The van der Waals surface area contributed by atoms with Crippen LogP contribution in [0.25, 0.3) is 10.1 Å². The van der Waals surface area contributed by atoms with Gasteiger partial charge in [0, 0.05) is 20.9 Å². The van der Waals surface area contributed by atoms with E-state index in [1.807, 2.05) is 30.3 Å². The van der Waals surface area contributed by atoms with Gasteiger partial charge in [-0.1, -0.05) is 15.9 Å². The first-order chi connectivity index (χ1) is 10.2. The minimum absolute atomic E-state index is 0.302. The van der Waals surface area contributed by atoms with Crippen LogP contribution in [0, 0.1) is 0 Å². The predicted octanol–water partition coefficient (Wildman–Crippen LogP) is 3.88. The van der Waals surface area contributed by atoms with Gasteiger partial charge in [-0.2, -0.15) is 0 Å². The zero-order valence-corrected chi connectivity index (χ0v) is 13.3. The van der Waals surface area contributed by atoms with Crippen LogP contribution in [0.15, 0.2) is 47.2 Å². The average Bonchev–Trinajstić information content (AvgIpc) is 2.94. The number of ether oxygens (including phenoxy) is 1. The number of fused-ring (bicyclic) bond motifs is 1. The number of nitrogens with zero attached hydrogens (tertiary/aromatic N) is 1. The van der Waals surface area contributed by atoms with Crippen LogP contribution in [0.3, 0.4) is 0 Å². The third kappa shape index (κ3) is 3.08. The molecule has 0 aliphatic carbocycles. The Morgan fingerprint density at radius 1 is 1.24 bits per heavy atom. The van der Waals surface area contributed by atoms with Crippen molar-refractivity contribution in [3.63, 3.8) is 0 Å². The highest BCUT2D eigenvalue weighted by atomic mass is 79.9. The van der Waals surface area contributed by atoms with E-state index in [0.717, 1.165) is 14.6 Å². The van der Waals surface area contributed by atoms with Gasteiger partial charge in [-0.3, -0.25) is 4.98 Å². The Bertz CT molecular complexity index is 757. The molecule has 2 aromatic heterocycles. The predicted molar refractivity (Wildman–Crippen MR) is 85.9 cm³/mol. The molecule has 2 heterocycles. The quantitative estimate of drug-likeness (QED) is 0.736. The lowest BCUT2D eigenvalue weighted by Crippen LogP contribution is -1.98. The normalized spacial score (nSPS) is 12.5. The van der Waals surface area contributed by atoms with Crippen LogP contribution in [0.4, 0.5) is 0 Å². The molecule has 3 rings (SSSR count). The third-order valence-electron chi connectivity index (χ3n) is 2.97. The van der Waals surface area contributed by atoms with Gasteiger partial charge in [-0.05, 0) is 30.3 Å². The molecule has 0 aliphatic heterocycles. The number of aliphatic hydroxyl groups excluding tert-OH is 2. The van der Waals surface area contributed by atoms with Crippen molar-refractivity contribution in [3.05, 3.63) is 52.1 Å². The number of halogens is 1. The molecular formula is C15H12BrNO3S. The van der Waals surface area contributed by atoms with Gasteiger partial charge in [0.25, 0.3) is 0 Å². The molecule has 0 radical (unpaired) electrons. The molecule has 4 nitrogen and oxygen atoms in total. The molecule has 0 amide bonds. The maximum atomic E-state index is 9.74. The Labute approximate surface area is 133 Å². The van der Waals surface area contributed by atoms with E-state index in [-0.39, 0.29) is 6.61 Å². The highest BCUT2D eigenvalue weighted by molar-refractivity contribution is 9.10. The number of rotatable bonds is 4. The van der Waals surface area contributed by atoms with Crippen LogP contribution in [-0.2, 0) is 0 Å². The van der Waals surface area contributed by atoms with Crippen molar-refractivity contribution in [1.82, 2.24) is 4.98 Å². The molecule has 1 atom stereocenters. The molecule has 0 fully saturated rings. The van der Waals surface area contributed by atoms with E-state index in [0.29, 0.717) is 16.4 Å². The minimum Gasteiger partial charge on any atom is -0.455 e. The van der Waals surface area contributed by atoms with Crippen molar-refractivity contribution in [2.75, 3.05) is 6.61 Å². The van der Waals surface area contributed by atoms with E-state index in [1.54, 1.807) is 12.4 Å². The summed E-state index contributed by atoms with van der Waals surface area (Å²) in [5.74, 6) is 1.34. The van der Waals surface area contributed by atoms with Gasteiger partial charge in [-0.15, -0.1) is 11.3 Å². The smallest absolute Gasteiger partial charge is 0.154 e. The van der Waals surface area contributed by atoms with Crippen molar-refractivity contribution in [2.45, 2.75) is 6.10 Å². The lowest BCUT2D eigenvalue weighted by Gasteiger charge is -2.06. The summed E-state index contributed by atoms with van der Waals surface area (Å²) < 4.78 is 7.74. The van der Waals surface area contributed by atoms with Gasteiger partial charge in [-0.25, -0.2) is 0 Å². The molecule has 3 aromatic rings. The van der Waals surface area contributed by atoms with Gasteiger partial charge in [0.1, 0.15) is 11.9 Å². The van der Waals surface area contributed by atoms with E-state index in [9.17, 15) is 5.11 Å². The van der Waals surface area contributed by atoms with Crippen molar-refractivity contribution in [2.24, 2.45) is 0 Å². The van der Waals surface area contributed by atoms with Crippen molar-refractivity contribution in [1.29, 1.82) is 0 Å². The van der Waals surface area contributed by atoms with Crippen LogP contribution in [0.2, 0.25) is 0 Å². The number of thiophene rings is 1. The van der Waals surface area contributed by atoms with Crippen LogP contribution in [-0.4, -0.2) is 21.8 Å². The van der Waals surface area contributed by atoms with Gasteiger partial charge in [0.2, 0.25) is 0 Å². The molecule has 0 bridgehead atoms. The SMILES string of the molecule is OCC(O)c1cc2c(Oc3ccc(Br)cc3)cncc2s1. The maximum Gasteiger partial charge on any atom is 0.154 e. The molecular weight excluding hydrogens is 354 g/mol. The summed E-state index contributed by atoms with van der Waals surface area (Å²) in [6.45, 7) is -0.302. The van der Waals surface area contributed by atoms with Gasteiger partial charge in [0.05, 0.1) is 17.5 Å². The van der Waals surface area contributed by atoms with Crippen LogP contribution in [0.1, 0.15) is 11.0 Å². The molecule has 0 spiro atoms. The molecule has 21 heavy (non-hydrogen) atoms. The summed E-state index contributed by atoms with van der Waals surface area (Å²) >= 11 is 4.78. The lowest BCUT2D eigenvalue weighted by atomic mass is 10.2. The molecule has 2 N–H and O–H groups in total. The number of pyridine rings is 1. The van der Waals surface area contributed by atoms with E-state index in [4.69, 9.17) is 9.84 Å². The molecule has 0 saturated carbocycles. The van der Waals surface area contributed by atoms with E-state index in [1.165, 1.54) is 11.3 Å². The van der Waals surface area contributed by atoms with Crippen LogP contribution in [0.5, 0.6) is 11.5 Å². The second-order valence-corrected chi connectivity index (χ2v) is 6.48. The molecule has 108 valence electrons. The molecule has 0 saturated heterocycles. The second kappa shape index (κ2) is 6.11. The Kier molecular flexibility index (Phi) is 4.21. The second-order valence-electron chi connectivity index (χ2n) is 4.45. The number of hydrogen-bond acceptors (Lipinski definition) is 5. The fraction of sp³-hybridized carbons (Fsp3) is 0.133. The summed E-state index contributed by atoms with van der Waals surface area (Å²) in [6, 6.07) is 9.35. The summed E-state index contributed by atoms with van der Waals surface area (Å²) in [4.78, 5) is 4.85. The van der Waals surface area contributed by atoms with Gasteiger partial charge >= 0.3 is 0 Å². The fourth-order valence-corrected chi connectivity index (χ4v) is 3.21. The monoisotopic (exact) mass is 365 g/mol. The molecule has 1 aromatic carbocycles. The van der Waals surface area contributed by atoms with E-state index < -0.39 is 6.10 Å². The molecule has 1 unspecified atom stereocenters. The van der Waals surface area contributed by atoms with E-state index >= 15 is 0 Å². The Hall–Kier alpha value is -1.47. The number of hydrogen-bond donors (Lipinski definition) is 2. The van der Waals surface area contributed by atoms with Crippen molar-refractivity contribution < 1.29 is 14.9 Å². The topological polar surface area (TPSA) is 62.6 Å². The van der Waals surface area contributed by atoms with Crippen LogP contribution < -0.4 is 4.74 Å². The zero-order chi connectivity index (χ0) is 14.8. The first kappa shape index (κ1) is 14.5. The zero-order valence-electron chi connectivity index (χ0n) is 10.9. The number of aromatic nitrogens is 1. The lowest BCUT2D eigenvalue weighted by molar-refractivity contribution is 0.0984. The highest BCUT2D eigenvalue weighted by Crippen LogP contribution is 2.36. The van der Waals surface area contributed by atoms with Crippen molar-refractivity contribution in [3.8, 4) is 11.5 Å². The van der Waals surface area contributed by atoms with Gasteiger partial charge in [0.15, 0.2) is 5.75 Å². The first-order valence-electron chi connectivity index (χ1n) is 6.27. The largest absolute Gasteiger partial charge is 0.455 e. The number of aliphatic hydroxyl groups is 2. The Balaban J connectivity index is 1.98. The Morgan fingerprint density at radius 2 is 2.00 bits per heavy atom. The first-order valence-corrected chi connectivity index (χ1v) is 7.88. The summed E-state index contributed by atoms with van der Waals surface area (Å²) in [7, 11) is 0. The maximum absolute atomic E-state index is 9.74. The Morgan fingerprint density at radius 3 is 2.71 bits per heavy atom. The summed E-state index contributed by atoms with van der Waals surface area (Å²) in [6.07, 6.45) is 2.50. The minimum atomic E-state index is -0.872. The average molecular weight is 366 g/mol. The highest BCUT2D eigenvalue weighted by Gasteiger charge is 2.13. The van der Waals surface area contributed by atoms with Crippen molar-refractivity contribution >= 4 is 37.4 Å². The fourth-order valence-electron chi connectivity index (χ4n) is 1.92. The molecule has 0 aliphatic rings. The third-order valence-corrected chi connectivity index (χ3v) is 4.67. The van der Waals surface area contributed by atoms with Crippen LogP contribution >= 0.6 is 27.3 Å².